The molecule has 0 heterocycles. The van der Waals surface area contributed by atoms with Crippen LogP contribution in [-0.2, 0) is 10.0 Å². The lowest BCUT2D eigenvalue weighted by Gasteiger charge is -2.03. The van der Waals surface area contributed by atoms with Crippen molar-refractivity contribution in [2.24, 2.45) is 5.10 Å². The van der Waals surface area contributed by atoms with Crippen molar-refractivity contribution in [3.8, 4) is 0 Å². The molecule has 0 aliphatic carbocycles. The zero-order valence-electron chi connectivity index (χ0n) is 11.6. The third-order valence-corrected chi connectivity index (χ3v) is 4.06. The van der Waals surface area contributed by atoms with Crippen LogP contribution in [0.15, 0.2) is 58.5 Å². The first-order chi connectivity index (χ1) is 10.4. The summed E-state index contributed by atoms with van der Waals surface area (Å²) in [6, 6.07) is 11.9. The van der Waals surface area contributed by atoms with Crippen molar-refractivity contribution >= 4 is 21.9 Å². The Morgan fingerprint density at radius 3 is 2.23 bits per heavy atom. The van der Waals surface area contributed by atoms with Gasteiger partial charge in [0.25, 0.3) is 15.7 Å². The van der Waals surface area contributed by atoms with Gasteiger partial charge in [0.15, 0.2) is 0 Å². The Morgan fingerprint density at radius 1 is 1.09 bits per heavy atom. The number of nitrogens with zero attached hydrogens (tertiary/aromatic N) is 2. The molecule has 114 valence electrons. The zero-order chi connectivity index (χ0) is 16.2. The maximum absolute atomic E-state index is 12.0. The molecule has 2 aromatic rings. The predicted molar refractivity (Wildman–Crippen MR) is 82.2 cm³/mol. The molecule has 1 N–H and O–H groups in total. The number of benzene rings is 2. The van der Waals surface area contributed by atoms with Crippen LogP contribution in [-0.4, -0.2) is 19.6 Å². The number of hydrogen-bond donors (Lipinski definition) is 1. The summed E-state index contributed by atoms with van der Waals surface area (Å²) in [5, 5.41) is 14.2. The van der Waals surface area contributed by atoms with Gasteiger partial charge < -0.3 is 0 Å². The molecule has 0 spiro atoms. The van der Waals surface area contributed by atoms with Crippen LogP contribution in [0.5, 0.6) is 0 Å². The van der Waals surface area contributed by atoms with E-state index < -0.39 is 14.9 Å². The van der Waals surface area contributed by atoms with Crippen LogP contribution in [0.3, 0.4) is 0 Å². The Kier molecular flexibility index (Phi) is 4.52. The van der Waals surface area contributed by atoms with Crippen molar-refractivity contribution in [2.45, 2.75) is 11.8 Å². The van der Waals surface area contributed by atoms with E-state index in [2.05, 4.69) is 9.93 Å². The molecule has 8 heteroatoms. The van der Waals surface area contributed by atoms with Crippen LogP contribution < -0.4 is 4.83 Å². The second-order valence-electron chi connectivity index (χ2n) is 4.51. The van der Waals surface area contributed by atoms with Crippen LogP contribution in [0, 0.1) is 17.0 Å². The van der Waals surface area contributed by atoms with Crippen LogP contribution in [0.4, 0.5) is 5.69 Å². The van der Waals surface area contributed by atoms with Gasteiger partial charge in [-0.05, 0) is 36.8 Å². The van der Waals surface area contributed by atoms with Crippen molar-refractivity contribution < 1.29 is 13.3 Å². The molecule has 0 saturated carbocycles. The van der Waals surface area contributed by atoms with E-state index in [9.17, 15) is 18.5 Å². The smallest absolute Gasteiger partial charge is 0.258 e. The molecule has 0 aliphatic rings. The number of non-ortho nitro benzene ring substituents is 1. The fourth-order valence-corrected chi connectivity index (χ4v) is 2.41. The summed E-state index contributed by atoms with van der Waals surface area (Å²) in [4.78, 5) is 12.2. The summed E-state index contributed by atoms with van der Waals surface area (Å²) in [6.07, 6.45) is 1.27. The van der Waals surface area contributed by atoms with Gasteiger partial charge in [-0.3, -0.25) is 10.1 Å². The van der Waals surface area contributed by atoms with E-state index in [-0.39, 0.29) is 10.6 Å². The van der Waals surface area contributed by atoms with Gasteiger partial charge >= 0.3 is 0 Å². The molecule has 0 fully saturated rings. The summed E-state index contributed by atoms with van der Waals surface area (Å²) in [5.41, 5.74) is 1.45. The van der Waals surface area contributed by atoms with E-state index in [0.717, 1.165) is 5.56 Å². The third kappa shape index (κ3) is 3.89. The topological polar surface area (TPSA) is 102 Å². The lowest BCUT2D eigenvalue weighted by atomic mass is 10.2. The zero-order valence-corrected chi connectivity index (χ0v) is 12.4. The molecule has 2 rings (SSSR count). The first-order valence-corrected chi connectivity index (χ1v) is 7.73. The number of hydrazone groups is 1. The summed E-state index contributed by atoms with van der Waals surface area (Å²) < 4.78 is 23.9. The number of sulfonamides is 1. The quantitative estimate of drug-likeness (QED) is 0.518. The normalized spacial score (nSPS) is 11.5. The lowest BCUT2D eigenvalue weighted by molar-refractivity contribution is -0.384. The van der Waals surface area contributed by atoms with E-state index in [4.69, 9.17) is 0 Å². The van der Waals surface area contributed by atoms with Gasteiger partial charge in [0, 0.05) is 12.1 Å². The molecule has 0 unspecified atom stereocenters. The molecular weight excluding hydrogens is 306 g/mol. The lowest BCUT2D eigenvalue weighted by Crippen LogP contribution is -2.18. The molecule has 22 heavy (non-hydrogen) atoms. The molecule has 0 saturated heterocycles. The average molecular weight is 319 g/mol. The van der Waals surface area contributed by atoms with Crippen LogP contribution >= 0.6 is 0 Å². The number of rotatable bonds is 5. The minimum Gasteiger partial charge on any atom is -0.258 e. The highest BCUT2D eigenvalue weighted by Crippen LogP contribution is 2.11. The highest BCUT2D eigenvalue weighted by molar-refractivity contribution is 7.89. The number of nitro benzene ring substituents is 1. The molecule has 0 bridgehead atoms. The second kappa shape index (κ2) is 6.35. The molecule has 0 amide bonds. The van der Waals surface area contributed by atoms with Crippen LogP contribution in [0.1, 0.15) is 11.1 Å². The Balaban J connectivity index is 2.08. The van der Waals surface area contributed by atoms with Gasteiger partial charge in [-0.15, -0.1) is 0 Å². The fourth-order valence-electron chi connectivity index (χ4n) is 1.62. The van der Waals surface area contributed by atoms with Crippen molar-refractivity contribution in [1.29, 1.82) is 0 Å². The first kappa shape index (κ1) is 15.6. The molecule has 7 nitrogen and oxygen atoms in total. The number of nitro groups is 1. The van der Waals surface area contributed by atoms with Crippen LogP contribution in [0.25, 0.3) is 0 Å². The minimum atomic E-state index is -3.72. The second-order valence-corrected chi connectivity index (χ2v) is 6.18. The molecule has 0 radical (unpaired) electrons. The Labute approximate surface area is 127 Å². The van der Waals surface area contributed by atoms with Crippen molar-refractivity contribution in [2.75, 3.05) is 0 Å². The van der Waals surface area contributed by atoms with E-state index in [1.807, 2.05) is 6.92 Å². The molecule has 0 atom stereocenters. The third-order valence-electron chi connectivity index (χ3n) is 2.82. The summed E-state index contributed by atoms with van der Waals surface area (Å²) in [7, 11) is -3.72. The summed E-state index contributed by atoms with van der Waals surface area (Å²) in [6.45, 7) is 1.86. The van der Waals surface area contributed by atoms with Gasteiger partial charge in [0.05, 0.1) is 16.0 Å². The predicted octanol–water partition coefficient (Wildman–Crippen LogP) is 2.22. The number of hydrogen-bond acceptors (Lipinski definition) is 5. The standard InChI is InChI=1S/C14H13N3O4S/c1-11-2-8-14(9-3-11)22(20,21)16-15-10-12-4-6-13(7-5-12)17(18)19/h2-10,16H,1H3/b15-10-. The Morgan fingerprint density at radius 2 is 1.68 bits per heavy atom. The Bertz CT molecular complexity index is 797. The molecular formula is C14H13N3O4S. The summed E-state index contributed by atoms with van der Waals surface area (Å²) >= 11 is 0. The minimum absolute atomic E-state index is 0.0441. The van der Waals surface area contributed by atoms with Crippen molar-refractivity contribution in [3.05, 3.63) is 69.8 Å². The van der Waals surface area contributed by atoms with E-state index >= 15 is 0 Å². The van der Waals surface area contributed by atoms with Gasteiger partial charge in [0.1, 0.15) is 0 Å². The highest BCUT2D eigenvalue weighted by atomic mass is 32.2. The van der Waals surface area contributed by atoms with Gasteiger partial charge in [-0.1, -0.05) is 17.7 Å². The Hall–Kier alpha value is -2.74. The van der Waals surface area contributed by atoms with Gasteiger partial charge in [-0.25, -0.2) is 4.83 Å². The monoisotopic (exact) mass is 319 g/mol. The highest BCUT2D eigenvalue weighted by Gasteiger charge is 2.11. The fraction of sp³-hybridized carbons (Fsp3) is 0.0714. The SMILES string of the molecule is Cc1ccc(S(=O)(=O)N/N=C\c2ccc([N+](=O)[O-])cc2)cc1. The number of nitrogens with one attached hydrogen (secondary N) is 1. The maximum Gasteiger partial charge on any atom is 0.276 e. The first-order valence-electron chi connectivity index (χ1n) is 6.24. The number of aryl methyl sites for hydroxylation is 1. The van der Waals surface area contributed by atoms with Gasteiger partial charge in [0.2, 0.25) is 0 Å². The van der Waals surface area contributed by atoms with E-state index in [1.54, 1.807) is 12.1 Å². The van der Waals surface area contributed by atoms with Crippen LogP contribution in [0.2, 0.25) is 0 Å². The van der Waals surface area contributed by atoms with Crippen molar-refractivity contribution in [1.82, 2.24) is 4.83 Å². The summed E-state index contributed by atoms with van der Waals surface area (Å²) in [5.74, 6) is 0. The van der Waals surface area contributed by atoms with E-state index in [1.165, 1.54) is 42.6 Å². The maximum atomic E-state index is 12.0. The molecule has 0 aliphatic heterocycles. The molecule has 0 aromatic heterocycles. The molecule has 2 aromatic carbocycles. The van der Waals surface area contributed by atoms with E-state index in [0.29, 0.717) is 5.56 Å². The largest absolute Gasteiger partial charge is 0.276 e. The average Bonchev–Trinajstić information content (AvgIpc) is 2.48. The van der Waals surface area contributed by atoms with Crippen molar-refractivity contribution in [3.63, 3.8) is 0 Å². The van der Waals surface area contributed by atoms with Gasteiger partial charge in [-0.2, -0.15) is 13.5 Å².